The minimum absolute atomic E-state index is 0.0264. The van der Waals surface area contributed by atoms with Gasteiger partial charge in [-0.1, -0.05) is 30.3 Å². The maximum atomic E-state index is 12.0. The summed E-state index contributed by atoms with van der Waals surface area (Å²) < 4.78 is 5.25. The van der Waals surface area contributed by atoms with Crippen molar-refractivity contribution in [1.82, 2.24) is 9.97 Å². The molecular weight excluding hydrogens is 228 g/mol. The molecule has 0 bridgehead atoms. The Hall–Kier alpha value is -2.23. The van der Waals surface area contributed by atoms with E-state index in [9.17, 15) is 4.79 Å². The Balaban J connectivity index is 2.10. The minimum atomic E-state index is 0.0264. The lowest BCUT2D eigenvalue weighted by Crippen LogP contribution is -2.06. The fourth-order valence-corrected chi connectivity index (χ4v) is 1.58. The van der Waals surface area contributed by atoms with Gasteiger partial charge < -0.3 is 4.74 Å². The van der Waals surface area contributed by atoms with Crippen LogP contribution in [0.4, 0.5) is 0 Å². The minimum Gasteiger partial charge on any atom is -0.477 e. The molecule has 1 aromatic carbocycles. The molecular formula is C14H14N2O2. The highest BCUT2D eigenvalue weighted by molar-refractivity contribution is 5.97. The summed E-state index contributed by atoms with van der Waals surface area (Å²) in [5, 5.41) is 0. The summed E-state index contributed by atoms with van der Waals surface area (Å²) in [5.41, 5.74) is 1.30. The van der Waals surface area contributed by atoms with Crippen LogP contribution >= 0.6 is 0 Å². The van der Waals surface area contributed by atoms with E-state index in [1.807, 2.05) is 25.1 Å². The van der Waals surface area contributed by atoms with Gasteiger partial charge in [0.15, 0.2) is 5.78 Å². The number of ketones is 1. The fourth-order valence-electron chi connectivity index (χ4n) is 1.58. The zero-order valence-corrected chi connectivity index (χ0v) is 10.2. The van der Waals surface area contributed by atoms with Crippen LogP contribution in [-0.2, 0) is 6.42 Å². The monoisotopic (exact) mass is 242 g/mol. The lowest BCUT2D eigenvalue weighted by Gasteiger charge is -2.04. The topological polar surface area (TPSA) is 52.1 Å². The quantitative estimate of drug-likeness (QED) is 0.755. The number of carbonyl (C=O) groups excluding carboxylic acids is 1. The van der Waals surface area contributed by atoms with Crippen molar-refractivity contribution in [1.29, 1.82) is 0 Å². The Morgan fingerprint density at radius 3 is 2.72 bits per heavy atom. The third-order valence-electron chi connectivity index (χ3n) is 2.39. The zero-order chi connectivity index (χ0) is 12.8. The molecule has 0 spiro atoms. The average molecular weight is 242 g/mol. The van der Waals surface area contributed by atoms with E-state index in [2.05, 4.69) is 9.97 Å². The van der Waals surface area contributed by atoms with Crippen molar-refractivity contribution >= 4 is 5.78 Å². The van der Waals surface area contributed by atoms with Gasteiger partial charge in [0.05, 0.1) is 24.9 Å². The largest absolute Gasteiger partial charge is 0.477 e. The van der Waals surface area contributed by atoms with Crippen LogP contribution in [0, 0.1) is 0 Å². The average Bonchev–Trinajstić information content (AvgIpc) is 2.40. The Kier molecular flexibility index (Phi) is 4.02. The van der Waals surface area contributed by atoms with Gasteiger partial charge in [-0.2, -0.15) is 0 Å². The van der Waals surface area contributed by atoms with Crippen molar-refractivity contribution in [3.05, 3.63) is 54.0 Å². The molecule has 92 valence electrons. The summed E-state index contributed by atoms with van der Waals surface area (Å²) >= 11 is 0. The van der Waals surface area contributed by atoms with E-state index < -0.39 is 0 Å². The molecule has 0 radical (unpaired) electrons. The van der Waals surface area contributed by atoms with E-state index in [1.54, 1.807) is 24.5 Å². The first kappa shape index (κ1) is 12.2. The Morgan fingerprint density at radius 1 is 1.22 bits per heavy atom. The fraction of sp³-hybridized carbons (Fsp3) is 0.214. The molecule has 2 rings (SSSR count). The molecule has 4 heteroatoms. The van der Waals surface area contributed by atoms with Crippen LogP contribution in [0.5, 0.6) is 5.88 Å². The third kappa shape index (κ3) is 3.13. The SMILES string of the molecule is CCOc1cncc(CC(=O)c2ccccc2)n1. The van der Waals surface area contributed by atoms with Crippen LogP contribution in [0.3, 0.4) is 0 Å². The standard InChI is InChI=1S/C14H14N2O2/c1-2-18-14-10-15-9-12(16-14)8-13(17)11-6-4-3-5-7-11/h3-7,9-10H,2,8H2,1H3. The number of carbonyl (C=O) groups is 1. The van der Waals surface area contributed by atoms with Crippen LogP contribution in [0.15, 0.2) is 42.7 Å². The van der Waals surface area contributed by atoms with Crippen molar-refractivity contribution in [3.63, 3.8) is 0 Å². The van der Waals surface area contributed by atoms with Gasteiger partial charge in [-0.25, -0.2) is 4.98 Å². The molecule has 0 fully saturated rings. The molecule has 0 saturated heterocycles. The number of nitrogens with zero attached hydrogens (tertiary/aromatic N) is 2. The molecule has 0 unspecified atom stereocenters. The highest BCUT2D eigenvalue weighted by Crippen LogP contribution is 2.08. The molecule has 2 aromatic rings. The molecule has 0 amide bonds. The van der Waals surface area contributed by atoms with Crippen molar-refractivity contribution in [2.24, 2.45) is 0 Å². The van der Waals surface area contributed by atoms with Gasteiger partial charge in [0.2, 0.25) is 5.88 Å². The highest BCUT2D eigenvalue weighted by Gasteiger charge is 2.08. The van der Waals surface area contributed by atoms with Gasteiger partial charge in [0.1, 0.15) is 0 Å². The molecule has 4 nitrogen and oxygen atoms in total. The van der Waals surface area contributed by atoms with Crippen molar-refractivity contribution in [2.75, 3.05) is 6.61 Å². The molecule has 0 N–H and O–H groups in total. The molecule has 0 aliphatic rings. The number of hydrogen-bond acceptors (Lipinski definition) is 4. The lowest BCUT2D eigenvalue weighted by molar-refractivity contribution is 0.0991. The molecule has 0 atom stereocenters. The summed E-state index contributed by atoms with van der Waals surface area (Å²) in [5.74, 6) is 0.481. The smallest absolute Gasteiger partial charge is 0.232 e. The van der Waals surface area contributed by atoms with Crippen molar-refractivity contribution in [3.8, 4) is 5.88 Å². The van der Waals surface area contributed by atoms with E-state index in [-0.39, 0.29) is 12.2 Å². The number of hydrogen-bond donors (Lipinski definition) is 0. The second-order valence-corrected chi connectivity index (χ2v) is 3.75. The maximum Gasteiger partial charge on any atom is 0.232 e. The summed E-state index contributed by atoms with van der Waals surface area (Å²) in [6.45, 7) is 2.41. The molecule has 18 heavy (non-hydrogen) atoms. The predicted octanol–water partition coefficient (Wildman–Crippen LogP) is 2.30. The van der Waals surface area contributed by atoms with Gasteiger partial charge in [0, 0.05) is 11.8 Å². The van der Waals surface area contributed by atoms with Crippen molar-refractivity contribution in [2.45, 2.75) is 13.3 Å². The molecule has 1 heterocycles. The third-order valence-corrected chi connectivity index (χ3v) is 2.39. The van der Waals surface area contributed by atoms with E-state index >= 15 is 0 Å². The first-order chi connectivity index (χ1) is 8.79. The zero-order valence-electron chi connectivity index (χ0n) is 10.2. The van der Waals surface area contributed by atoms with Gasteiger partial charge in [-0.3, -0.25) is 9.78 Å². The maximum absolute atomic E-state index is 12.0. The first-order valence-electron chi connectivity index (χ1n) is 5.81. The normalized spacial score (nSPS) is 10.1. The van der Waals surface area contributed by atoms with Gasteiger partial charge in [-0.15, -0.1) is 0 Å². The molecule has 0 aliphatic heterocycles. The second-order valence-electron chi connectivity index (χ2n) is 3.75. The number of aromatic nitrogens is 2. The van der Waals surface area contributed by atoms with Gasteiger partial charge in [0.25, 0.3) is 0 Å². The lowest BCUT2D eigenvalue weighted by atomic mass is 10.1. The van der Waals surface area contributed by atoms with Crippen LogP contribution in [0.2, 0.25) is 0 Å². The number of ether oxygens (including phenoxy) is 1. The number of Topliss-reactive ketones (excluding diaryl/α,β-unsaturated/α-hetero) is 1. The Morgan fingerprint density at radius 2 is 2.00 bits per heavy atom. The van der Waals surface area contributed by atoms with E-state index in [0.717, 1.165) is 0 Å². The molecule has 0 aliphatic carbocycles. The van der Waals surface area contributed by atoms with E-state index in [1.165, 1.54) is 0 Å². The predicted molar refractivity (Wildman–Crippen MR) is 67.7 cm³/mol. The van der Waals surface area contributed by atoms with Crippen LogP contribution < -0.4 is 4.74 Å². The van der Waals surface area contributed by atoms with Crippen molar-refractivity contribution < 1.29 is 9.53 Å². The van der Waals surface area contributed by atoms with Gasteiger partial charge in [-0.05, 0) is 6.92 Å². The summed E-state index contributed by atoms with van der Waals surface area (Å²) in [7, 11) is 0. The van der Waals surface area contributed by atoms with Gasteiger partial charge >= 0.3 is 0 Å². The van der Waals surface area contributed by atoms with Crippen LogP contribution in [-0.4, -0.2) is 22.4 Å². The molecule has 0 saturated carbocycles. The Labute approximate surface area is 106 Å². The first-order valence-corrected chi connectivity index (χ1v) is 5.81. The number of rotatable bonds is 5. The van der Waals surface area contributed by atoms with E-state index in [4.69, 9.17) is 4.74 Å². The Bertz CT molecular complexity index is 526. The van der Waals surface area contributed by atoms with Crippen LogP contribution in [0.1, 0.15) is 23.0 Å². The van der Waals surface area contributed by atoms with Crippen LogP contribution in [0.25, 0.3) is 0 Å². The second kappa shape index (κ2) is 5.91. The molecule has 1 aromatic heterocycles. The number of benzene rings is 1. The summed E-state index contributed by atoms with van der Waals surface area (Å²) in [6.07, 6.45) is 3.36. The van der Waals surface area contributed by atoms with E-state index in [0.29, 0.717) is 23.7 Å². The summed E-state index contributed by atoms with van der Waals surface area (Å²) in [6, 6.07) is 9.15. The summed E-state index contributed by atoms with van der Waals surface area (Å²) in [4.78, 5) is 20.2. The highest BCUT2D eigenvalue weighted by atomic mass is 16.5.